The van der Waals surface area contributed by atoms with Crippen LogP contribution in [-0.2, 0) is 14.3 Å². The topological polar surface area (TPSA) is 92.7 Å². The lowest BCUT2D eigenvalue weighted by molar-refractivity contribution is -0.144. The quantitative estimate of drug-likeness (QED) is 0.664. The first-order valence-electron chi connectivity index (χ1n) is 8.53. The maximum absolute atomic E-state index is 14.0. The second-order valence-electron chi connectivity index (χ2n) is 6.06. The van der Waals surface area contributed by atoms with Gasteiger partial charge < -0.3 is 15.2 Å². The van der Waals surface area contributed by atoms with E-state index in [0.717, 1.165) is 23.9 Å². The molecule has 0 aliphatic heterocycles. The standard InChI is InChI=1S/C20H19F2NO5S/c1-11(24)23-17(19(26)28-2)7-8-29-20(27)15-9-12(3-6-18(15)25)14-5-4-13(21)10-16(14)22/h3-6,9-10,17,25H,7-8H2,1-2H3,(H,23,24). The number of benzene rings is 2. The Labute approximate surface area is 170 Å². The third kappa shape index (κ3) is 6.02. The van der Waals surface area contributed by atoms with E-state index in [-0.39, 0.29) is 29.1 Å². The minimum atomic E-state index is -0.897. The van der Waals surface area contributed by atoms with Crippen LogP contribution in [0.15, 0.2) is 36.4 Å². The molecule has 9 heteroatoms. The average Bonchev–Trinajstić information content (AvgIpc) is 2.66. The number of hydrogen-bond donors (Lipinski definition) is 2. The lowest BCUT2D eigenvalue weighted by atomic mass is 10.0. The minimum Gasteiger partial charge on any atom is -0.507 e. The van der Waals surface area contributed by atoms with Crippen molar-refractivity contribution in [3.05, 3.63) is 53.6 Å². The number of amides is 1. The highest BCUT2D eigenvalue weighted by Crippen LogP contribution is 2.30. The van der Waals surface area contributed by atoms with E-state index in [1.54, 1.807) is 0 Å². The Hall–Kier alpha value is -2.94. The van der Waals surface area contributed by atoms with Crippen LogP contribution in [0.3, 0.4) is 0 Å². The van der Waals surface area contributed by atoms with Gasteiger partial charge >= 0.3 is 5.97 Å². The molecule has 0 saturated heterocycles. The summed E-state index contributed by atoms with van der Waals surface area (Å²) in [6.45, 7) is 1.26. The van der Waals surface area contributed by atoms with Crippen LogP contribution >= 0.6 is 11.8 Å². The number of hydrogen-bond acceptors (Lipinski definition) is 6. The molecular formula is C20H19F2NO5S. The molecule has 0 aliphatic rings. The van der Waals surface area contributed by atoms with Gasteiger partial charge in [-0.3, -0.25) is 9.59 Å². The molecule has 1 unspecified atom stereocenters. The van der Waals surface area contributed by atoms with Crippen molar-refractivity contribution in [2.24, 2.45) is 0 Å². The van der Waals surface area contributed by atoms with Gasteiger partial charge in [0.1, 0.15) is 23.4 Å². The van der Waals surface area contributed by atoms with E-state index < -0.39 is 34.7 Å². The van der Waals surface area contributed by atoms with Crippen LogP contribution in [0.5, 0.6) is 5.75 Å². The van der Waals surface area contributed by atoms with Crippen molar-refractivity contribution in [2.45, 2.75) is 19.4 Å². The van der Waals surface area contributed by atoms with Crippen LogP contribution in [0.1, 0.15) is 23.7 Å². The Morgan fingerprint density at radius 2 is 1.90 bits per heavy atom. The number of rotatable bonds is 7. The number of nitrogens with one attached hydrogen (secondary N) is 1. The molecule has 0 bridgehead atoms. The van der Waals surface area contributed by atoms with E-state index in [9.17, 15) is 28.3 Å². The van der Waals surface area contributed by atoms with Crippen molar-refractivity contribution in [1.29, 1.82) is 0 Å². The van der Waals surface area contributed by atoms with Gasteiger partial charge in [-0.05, 0) is 36.2 Å². The van der Waals surface area contributed by atoms with Gasteiger partial charge in [-0.25, -0.2) is 13.6 Å². The molecule has 0 radical (unpaired) electrons. The fourth-order valence-electron chi connectivity index (χ4n) is 2.57. The number of carbonyl (C=O) groups is 3. The zero-order chi connectivity index (χ0) is 21.6. The van der Waals surface area contributed by atoms with E-state index in [0.29, 0.717) is 5.56 Å². The normalized spacial score (nSPS) is 11.6. The third-order valence-electron chi connectivity index (χ3n) is 3.96. The lowest BCUT2D eigenvalue weighted by Crippen LogP contribution is -2.40. The van der Waals surface area contributed by atoms with Crippen LogP contribution in [0.2, 0.25) is 0 Å². The maximum Gasteiger partial charge on any atom is 0.328 e. The molecule has 2 aromatic carbocycles. The molecule has 0 saturated carbocycles. The van der Waals surface area contributed by atoms with Crippen molar-refractivity contribution >= 4 is 28.8 Å². The molecule has 2 aromatic rings. The molecule has 0 fully saturated rings. The summed E-state index contributed by atoms with van der Waals surface area (Å²) in [4.78, 5) is 35.3. The summed E-state index contributed by atoms with van der Waals surface area (Å²) in [5, 5.41) is 11.9. The molecule has 0 heterocycles. The van der Waals surface area contributed by atoms with Gasteiger partial charge in [0.15, 0.2) is 0 Å². The van der Waals surface area contributed by atoms with Crippen molar-refractivity contribution in [1.82, 2.24) is 5.32 Å². The molecule has 0 spiro atoms. The maximum atomic E-state index is 14.0. The Morgan fingerprint density at radius 1 is 1.17 bits per heavy atom. The molecular weight excluding hydrogens is 404 g/mol. The molecule has 2 rings (SSSR count). The molecule has 0 aliphatic carbocycles. The van der Waals surface area contributed by atoms with Crippen LogP contribution in [0.25, 0.3) is 11.1 Å². The minimum absolute atomic E-state index is 0.0506. The summed E-state index contributed by atoms with van der Waals surface area (Å²) >= 11 is 0.826. The molecule has 6 nitrogen and oxygen atoms in total. The van der Waals surface area contributed by atoms with Gasteiger partial charge in [0, 0.05) is 24.3 Å². The fourth-order valence-corrected chi connectivity index (χ4v) is 3.43. The third-order valence-corrected chi connectivity index (χ3v) is 4.88. The summed E-state index contributed by atoms with van der Waals surface area (Å²) in [7, 11) is 1.19. The summed E-state index contributed by atoms with van der Waals surface area (Å²) in [5.74, 6) is -2.70. The first-order chi connectivity index (χ1) is 13.7. The highest BCUT2D eigenvalue weighted by molar-refractivity contribution is 8.14. The average molecular weight is 423 g/mol. The van der Waals surface area contributed by atoms with E-state index >= 15 is 0 Å². The van der Waals surface area contributed by atoms with Crippen LogP contribution in [-0.4, -0.2) is 41.0 Å². The first-order valence-corrected chi connectivity index (χ1v) is 9.52. The molecule has 0 aromatic heterocycles. The van der Waals surface area contributed by atoms with Crippen LogP contribution < -0.4 is 5.32 Å². The number of esters is 1. The van der Waals surface area contributed by atoms with Gasteiger partial charge in [0.25, 0.3) is 0 Å². The number of methoxy groups -OCH3 is 1. The van der Waals surface area contributed by atoms with Gasteiger partial charge in [0.05, 0.1) is 12.7 Å². The number of thioether (sulfide) groups is 1. The van der Waals surface area contributed by atoms with Crippen LogP contribution in [0.4, 0.5) is 8.78 Å². The zero-order valence-corrected chi connectivity index (χ0v) is 16.5. The van der Waals surface area contributed by atoms with Crippen molar-refractivity contribution in [2.75, 3.05) is 12.9 Å². The molecule has 2 N–H and O–H groups in total. The Kier molecular flexibility index (Phi) is 7.72. The summed E-state index contributed by atoms with van der Waals surface area (Å²) < 4.78 is 31.7. The predicted octanol–water partition coefficient (Wildman–Crippen LogP) is 3.28. The Bertz CT molecular complexity index is 935. The number of ether oxygens (including phenoxy) is 1. The van der Waals surface area contributed by atoms with Crippen molar-refractivity contribution in [3.8, 4) is 16.9 Å². The van der Waals surface area contributed by atoms with E-state index in [1.807, 2.05) is 0 Å². The second kappa shape index (κ2) is 10.0. The summed E-state index contributed by atoms with van der Waals surface area (Å²) in [5.41, 5.74) is 0.335. The van der Waals surface area contributed by atoms with Crippen LogP contribution in [0, 0.1) is 11.6 Å². The SMILES string of the molecule is COC(=O)C(CCSC(=O)c1cc(-c2ccc(F)cc2F)ccc1O)NC(C)=O. The van der Waals surface area contributed by atoms with Gasteiger partial charge in [-0.1, -0.05) is 17.8 Å². The van der Waals surface area contributed by atoms with Gasteiger partial charge in [-0.15, -0.1) is 0 Å². The predicted molar refractivity (Wildman–Crippen MR) is 104 cm³/mol. The van der Waals surface area contributed by atoms with E-state index in [4.69, 9.17) is 0 Å². The Morgan fingerprint density at radius 3 is 2.52 bits per heavy atom. The smallest absolute Gasteiger partial charge is 0.328 e. The van der Waals surface area contributed by atoms with Crippen molar-refractivity contribution in [3.63, 3.8) is 0 Å². The Balaban J connectivity index is 2.12. The van der Waals surface area contributed by atoms with Gasteiger partial charge in [-0.2, -0.15) is 0 Å². The largest absolute Gasteiger partial charge is 0.507 e. The van der Waals surface area contributed by atoms with Crippen molar-refractivity contribution < 1.29 is 33.0 Å². The van der Waals surface area contributed by atoms with Gasteiger partial charge in [0.2, 0.25) is 11.0 Å². The first kappa shape index (κ1) is 22.4. The highest BCUT2D eigenvalue weighted by Gasteiger charge is 2.21. The highest BCUT2D eigenvalue weighted by atomic mass is 32.2. The number of phenols is 1. The molecule has 1 atom stereocenters. The van der Waals surface area contributed by atoms with E-state index in [2.05, 4.69) is 10.1 Å². The molecule has 29 heavy (non-hydrogen) atoms. The number of aromatic hydroxyl groups is 1. The molecule has 154 valence electrons. The summed E-state index contributed by atoms with van der Waals surface area (Å²) in [6, 6.07) is 6.15. The second-order valence-corrected chi connectivity index (χ2v) is 7.12. The lowest BCUT2D eigenvalue weighted by Gasteiger charge is -2.15. The van der Waals surface area contributed by atoms with E-state index in [1.165, 1.54) is 38.3 Å². The zero-order valence-electron chi connectivity index (χ0n) is 15.7. The number of phenolic OH excluding ortho intramolecular Hbond substituents is 1. The monoisotopic (exact) mass is 423 g/mol. The number of halogens is 2. The fraction of sp³-hybridized carbons (Fsp3) is 0.250. The molecule has 1 amide bonds. The number of carbonyl (C=O) groups excluding carboxylic acids is 3. The summed E-state index contributed by atoms with van der Waals surface area (Å²) in [6.07, 6.45) is 0.135.